The minimum absolute atomic E-state index is 0.122. The van der Waals surface area contributed by atoms with Gasteiger partial charge in [0.15, 0.2) is 5.11 Å². The average molecular weight is 432 g/mol. The zero-order valence-electron chi connectivity index (χ0n) is 15.5. The van der Waals surface area contributed by atoms with Crippen molar-refractivity contribution < 1.29 is 13.6 Å². The highest BCUT2D eigenvalue weighted by Crippen LogP contribution is 2.29. The molecule has 0 aliphatic heterocycles. The third kappa shape index (κ3) is 4.75. The molecule has 0 aliphatic rings. The first-order valence-electron chi connectivity index (χ1n) is 8.57. The van der Waals surface area contributed by atoms with E-state index in [1.165, 1.54) is 6.07 Å². The van der Waals surface area contributed by atoms with Crippen molar-refractivity contribution in [1.29, 1.82) is 0 Å². The number of halogens is 3. The van der Waals surface area contributed by atoms with E-state index in [2.05, 4.69) is 15.6 Å². The van der Waals surface area contributed by atoms with E-state index in [0.717, 1.165) is 34.5 Å². The van der Waals surface area contributed by atoms with Gasteiger partial charge in [-0.2, -0.15) is 0 Å². The maximum absolute atomic E-state index is 13.7. The van der Waals surface area contributed by atoms with Crippen molar-refractivity contribution in [2.45, 2.75) is 13.8 Å². The van der Waals surface area contributed by atoms with Crippen LogP contribution in [-0.4, -0.2) is 16.0 Å². The monoisotopic (exact) mass is 431 g/mol. The fourth-order valence-corrected chi connectivity index (χ4v) is 3.30. The third-order valence-electron chi connectivity index (χ3n) is 4.19. The molecule has 1 amide bonds. The number of hydrogen-bond acceptors (Lipinski definition) is 3. The number of aromatic nitrogens is 1. The largest absolute Gasteiger partial charge is 0.317 e. The summed E-state index contributed by atoms with van der Waals surface area (Å²) in [6.07, 6.45) is 0. The first-order valence-corrected chi connectivity index (χ1v) is 9.35. The second-order valence-electron chi connectivity index (χ2n) is 6.30. The van der Waals surface area contributed by atoms with E-state index in [4.69, 9.17) is 23.8 Å². The Kier molecular flexibility index (Phi) is 6.20. The number of benzene rings is 2. The van der Waals surface area contributed by atoms with E-state index < -0.39 is 23.1 Å². The topological polar surface area (TPSA) is 54.0 Å². The molecule has 3 aromatic rings. The van der Waals surface area contributed by atoms with Crippen molar-refractivity contribution in [3.05, 3.63) is 82.0 Å². The Hall–Kier alpha value is -2.90. The number of rotatable bonds is 3. The van der Waals surface area contributed by atoms with Gasteiger partial charge in [-0.1, -0.05) is 29.8 Å². The molecule has 8 heteroatoms. The van der Waals surface area contributed by atoms with Crippen LogP contribution < -0.4 is 10.6 Å². The van der Waals surface area contributed by atoms with Crippen LogP contribution >= 0.6 is 23.8 Å². The molecule has 0 saturated carbocycles. The molecule has 0 atom stereocenters. The number of amides is 1. The van der Waals surface area contributed by atoms with Crippen molar-refractivity contribution in [3.63, 3.8) is 0 Å². The van der Waals surface area contributed by atoms with Crippen LogP contribution in [0.5, 0.6) is 0 Å². The van der Waals surface area contributed by atoms with E-state index >= 15 is 0 Å². The molecule has 1 aromatic heterocycles. The Morgan fingerprint density at radius 1 is 1.07 bits per heavy atom. The summed E-state index contributed by atoms with van der Waals surface area (Å²) in [7, 11) is 0. The number of thiocarbonyl (C=S) groups is 1. The summed E-state index contributed by atoms with van der Waals surface area (Å²) in [6, 6.07) is 12.3. The fourth-order valence-electron chi connectivity index (χ4n) is 2.98. The van der Waals surface area contributed by atoms with E-state index in [1.54, 1.807) is 18.2 Å². The van der Waals surface area contributed by atoms with Gasteiger partial charge in [-0.05, 0) is 67.5 Å². The zero-order valence-corrected chi connectivity index (χ0v) is 17.1. The summed E-state index contributed by atoms with van der Waals surface area (Å²) in [4.78, 5) is 16.6. The number of hydrogen-bond donors (Lipinski definition) is 2. The molecular weight excluding hydrogens is 416 g/mol. The summed E-state index contributed by atoms with van der Waals surface area (Å²) in [5.74, 6) is -2.52. The molecule has 0 unspecified atom stereocenters. The van der Waals surface area contributed by atoms with Gasteiger partial charge < -0.3 is 5.32 Å². The lowest BCUT2D eigenvalue weighted by Gasteiger charge is -2.14. The van der Waals surface area contributed by atoms with E-state index in [9.17, 15) is 13.6 Å². The highest BCUT2D eigenvalue weighted by Gasteiger charge is 2.18. The van der Waals surface area contributed by atoms with Crippen LogP contribution in [0.2, 0.25) is 5.02 Å². The number of carbonyl (C=O) groups excluding carboxylic acids is 1. The van der Waals surface area contributed by atoms with Crippen LogP contribution in [0, 0.1) is 25.5 Å². The Morgan fingerprint density at radius 2 is 1.69 bits per heavy atom. The minimum atomic E-state index is -0.982. The molecule has 0 aliphatic carbocycles. The van der Waals surface area contributed by atoms with E-state index in [0.29, 0.717) is 10.8 Å². The van der Waals surface area contributed by atoms with Gasteiger partial charge in [0, 0.05) is 16.3 Å². The first kappa shape index (κ1) is 20.8. The van der Waals surface area contributed by atoms with Gasteiger partial charge in [0.1, 0.15) is 23.0 Å². The van der Waals surface area contributed by atoms with Crippen LogP contribution in [-0.2, 0) is 0 Å². The lowest BCUT2D eigenvalue weighted by Crippen LogP contribution is -2.35. The SMILES string of the molecule is Cc1cc(NC(=S)NC(=O)c2c(F)cccc2F)nc(C)c1-c1ccc(Cl)cc1. The lowest BCUT2D eigenvalue weighted by molar-refractivity contribution is 0.0969. The van der Waals surface area contributed by atoms with Crippen LogP contribution in [0.15, 0.2) is 48.5 Å². The molecule has 1 heterocycles. The number of nitrogens with zero attached hydrogens (tertiary/aromatic N) is 1. The molecule has 148 valence electrons. The van der Waals surface area contributed by atoms with Crippen LogP contribution in [0.4, 0.5) is 14.6 Å². The number of pyridine rings is 1. The molecule has 0 bridgehead atoms. The molecule has 4 nitrogen and oxygen atoms in total. The maximum atomic E-state index is 13.7. The quantitative estimate of drug-likeness (QED) is 0.543. The second kappa shape index (κ2) is 8.63. The number of nitrogens with one attached hydrogen (secondary N) is 2. The van der Waals surface area contributed by atoms with Gasteiger partial charge in [0.05, 0.1) is 0 Å². The highest BCUT2D eigenvalue weighted by atomic mass is 35.5. The van der Waals surface area contributed by atoms with Crippen molar-refractivity contribution >= 4 is 40.7 Å². The molecule has 3 rings (SSSR count). The Labute approximate surface area is 176 Å². The highest BCUT2D eigenvalue weighted by molar-refractivity contribution is 7.80. The predicted octanol–water partition coefficient (Wildman–Crippen LogP) is 5.42. The fraction of sp³-hybridized carbons (Fsp3) is 0.0952. The van der Waals surface area contributed by atoms with Crippen molar-refractivity contribution in [1.82, 2.24) is 10.3 Å². The number of aryl methyl sites for hydroxylation is 2. The number of anilines is 1. The predicted molar refractivity (Wildman–Crippen MR) is 114 cm³/mol. The van der Waals surface area contributed by atoms with Gasteiger partial charge in [0.25, 0.3) is 5.91 Å². The molecule has 2 aromatic carbocycles. The lowest BCUT2D eigenvalue weighted by atomic mass is 9.99. The summed E-state index contributed by atoms with van der Waals surface area (Å²) in [5.41, 5.74) is 2.89. The molecule has 0 saturated heterocycles. The van der Waals surface area contributed by atoms with Crippen LogP contribution in [0.3, 0.4) is 0 Å². The van der Waals surface area contributed by atoms with Gasteiger partial charge in [-0.3, -0.25) is 10.1 Å². The third-order valence-corrected chi connectivity index (χ3v) is 4.65. The zero-order chi connectivity index (χ0) is 21.1. The number of carbonyl (C=O) groups is 1. The van der Waals surface area contributed by atoms with Crippen molar-refractivity contribution in [2.24, 2.45) is 0 Å². The Balaban J connectivity index is 1.77. The summed E-state index contributed by atoms with van der Waals surface area (Å²) in [5, 5.41) is 5.56. The minimum Gasteiger partial charge on any atom is -0.317 e. The summed E-state index contributed by atoms with van der Waals surface area (Å²) >= 11 is 11.0. The molecule has 0 fully saturated rings. The standard InChI is InChI=1S/C21H16ClF2N3OS/c1-11-10-17(25-12(2)18(11)13-6-8-14(22)9-7-13)26-21(29)27-20(28)19-15(23)4-3-5-16(19)24/h3-10H,1-2H3,(H2,25,26,27,28,29). The molecule has 0 radical (unpaired) electrons. The second-order valence-corrected chi connectivity index (χ2v) is 7.14. The maximum Gasteiger partial charge on any atom is 0.263 e. The van der Waals surface area contributed by atoms with Gasteiger partial charge in [0.2, 0.25) is 0 Å². The van der Waals surface area contributed by atoms with Crippen LogP contribution in [0.25, 0.3) is 11.1 Å². The van der Waals surface area contributed by atoms with Gasteiger partial charge in [-0.15, -0.1) is 0 Å². The van der Waals surface area contributed by atoms with Crippen molar-refractivity contribution in [2.75, 3.05) is 5.32 Å². The normalized spacial score (nSPS) is 10.5. The van der Waals surface area contributed by atoms with E-state index in [1.807, 2.05) is 26.0 Å². The molecule has 29 heavy (non-hydrogen) atoms. The van der Waals surface area contributed by atoms with Gasteiger partial charge >= 0.3 is 0 Å². The summed E-state index contributed by atoms with van der Waals surface area (Å²) in [6.45, 7) is 3.76. The molecular formula is C21H16ClF2N3OS. The van der Waals surface area contributed by atoms with Crippen LogP contribution in [0.1, 0.15) is 21.6 Å². The van der Waals surface area contributed by atoms with Gasteiger partial charge in [-0.25, -0.2) is 13.8 Å². The summed E-state index contributed by atoms with van der Waals surface area (Å²) < 4.78 is 27.5. The van der Waals surface area contributed by atoms with E-state index in [-0.39, 0.29) is 5.11 Å². The Morgan fingerprint density at radius 3 is 2.28 bits per heavy atom. The average Bonchev–Trinajstić information content (AvgIpc) is 2.62. The smallest absolute Gasteiger partial charge is 0.263 e. The molecule has 2 N–H and O–H groups in total. The first-order chi connectivity index (χ1) is 13.8. The van der Waals surface area contributed by atoms with Crippen molar-refractivity contribution in [3.8, 4) is 11.1 Å². The molecule has 0 spiro atoms. The Bertz CT molecular complexity index is 1060.